The SMILES string of the molecule is O=C(NC(CO)C(=O)N1CCCCCC1)c1ccccc1Nc1cccc(C(F)(F)F)c1. The lowest BCUT2D eigenvalue weighted by molar-refractivity contribution is -0.137. The third-order valence-electron chi connectivity index (χ3n) is 5.34. The number of benzene rings is 2. The molecule has 0 aromatic heterocycles. The van der Waals surface area contributed by atoms with Crippen molar-refractivity contribution in [2.24, 2.45) is 0 Å². The number of alkyl halides is 3. The predicted molar refractivity (Wildman–Crippen MR) is 115 cm³/mol. The molecule has 1 unspecified atom stereocenters. The van der Waals surface area contributed by atoms with Gasteiger partial charge in [0.05, 0.1) is 23.4 Å². The van der Waals surface area contributed by atoms with Crippen LogP contribution in [0, 0.1) is 0 Å². The lowest BCUT2D eigenvalue weighted by atomic mass is 10.1. The van der Waals surface area contributed by atoms with Crippen molar-refractivity contribution in [2.45, 2.75) is 37.9 Å². The number of carbonyl (C=O) groups is 2. The Morgan fingerprint density at radius 2 is 1.69 bits per heavy atom. The number of anilines is 2. The molecular formula is C23H26F3N3O3. The van der Waals surface area contributed by atoms with E-state index in [4.69, 9.17) is 0 Å². The predicted octanol–water partition coefficient (Wildman–Crippen LogP) is 3.94. The molecule has 1 aliphatic rings. The Labute approximate surface area is 184 Å². The minimum Gasteiger partial charge on any atom is -0.394 e. The summed E-state index contributed by atoms with van der Waals surface area (Å²) in [6, 6.07) is 9.85. The number of hydrogen-bond donors (Lipinski definition) is 3. The molecule has 6 nitrogen and oxygen atoms in total. The standard InChI is InChI=1S/C23H26F3N3O3/c24-23(25,26)16-8-7-9-17(14-16)27-19-11-4-3-10-18(19)21(31)28-20(15-30)22(32)29-12-5-1-2-6-13-29/h3-4,7-11,14,20,27,30H,1-2,5-6,12-13,15H2,(H,28,31). The third kappa shape index (κ3) is 6.00. The summed E-state index contributed by atoms with van der Waals surface area (Å²) in [5.74, 6) is -0.951. The van der Waals surface area contributed by atoms with E-state index < -0.39 is 30.3 Å². The van der Waals surface area contributed by atoms with Crippen molar-refractivity contribution in [1.29, 1.82) is 0 Å². The molecule has 1 heterocycles. The Balaban J connectivity index is 1.75. The maximum absolute atomic E-state index is 13.0. The van der Waals surface area contributed by atoms with Crippen molar-refractivity contribution in [3.63, 3.8) is 0 Å². The Bertz CT molecular complexity index is 941. The molecule has 9 heteroatoms. The second-order valence-electron chi connectivity index (χ2n) is 7.70. The summed E-state index contributed by atoms with van der Waals surface area (Å²) >= 11 is 0. The number of hydrogen-bond acceptors (Lipinski definition) is 4. The van der Waals surface area contributed by atoms with Crippen LogP contribution in [0.5, 0.6) is 0 Å². The number of carbonyl (C=O) groups excluding carboxylic acids is 2. The second kappa shape index (κ2) is 10.5. The van der Waals surface area contributed by atoms with E-state index in [0.29, 0.717) is 13.1 Å². The van der Waals surface area contributed by atoms with E-state index in [1.54, 1.807) is 23.1 Å². The first kappa shape index (κ1) is 23.6. The molecule has 172 valence electrons. The second-order valence-corrected chi connectivity index (χ2v) is 7.70. The molecule has 2 amide bonds. The number of nitrogens with one attached hydrogen (secondary N) is 2. The number of para-hydroxylation sites is 1. The molecule has 3 N–H and O–H groups in total. The fourth-order valence-corrected chi connectivity index (χ4v) is 3.65. The quantitative estimate of drug-likeness (QED) is 0.624. The minimum atomic E-state index is -4.49. The maximum atomic E-state index is 13.0. The molecule has 0 aliphatic carbocycles. The van der Waals surface area contributed by atoms with Gasteiger partial charge in [0, 0.05) is 18.8 Å². The molecule has 32 heavy (non-hydrogen) atoms. The van der Waals surface area contributed by atoms with Crippen LogP contribution in [0.15, 0.2) is 48.5 Å². The molecule has 1 saturated heterocycles. The normalized spacial score (nSPS) is 15.6. The van der Waals surface area contributed by atoms with Crippen LogP contribution < -0.4 is 10.6 Å². The van der Waals surface area contributed by atoms with Crippen LogP contribution in [0.25, 0.3) is 0 Å². The molecule has 0 radical (unpaired) electrons. The van der Waals surface area contributed by atoms with Gasteiger partial charge in [-0.25, -0.2) is 0 Å². The van der Waals surface area contributed by atoms with Gasteiger partial charge >= 0.3 is 6.18 Å². The smallest absolute Gasteiger partial charge is 0.394 e. The van der Waals surface area contributed by atoms with Crippen molar-refractivity contribution >= 4 is 23.2 Å². The molecule has 1 fully saturated rings. The number of rotatable bonds is 6. The summed E-state index contributed by atoms with van der Waals surface area (Å²) in [5.41, 5.74) is -0.220. The zero-order valence-corrected chi connectivity index (χ0v) is 17.5. The molecule has 1 aliphatic heterocycles. The van der Waals surface area contributed by atoms with Crippen molar-refractivity contribution in [1.82, 2.24) is 10.2 Å². The van der Waals surface area contributed by atoms with Gasteiger partial charge in [-0.3, -0.25) is 9.59 Å². The number of nitrogens with zero attached hydrogens (tertiary/aromatic N) is 1. The third-order valence-corrected chi connectivity index (χ3v) is 5.34. The molecule has 2 aromatic rings. The largest absolute Gasteiger partial charge is 0.416 e. The average Bonchev–Trinajstić information content (AvgIpc) is 3.06. The number of likely N-dealkylation sites (tertiary alicyclic amines) is 1. The van der Waals surface area contributed by atoms with Crippen LogP contribution in [-0.4, -0.2) is 47.6 Å². The van der Waals surface area contributed by atoms with Crippen LogP contribution in [0.4, 0.5) is 24.5 Å². The first-order chi connectivity index (χ1) is 15.3. The topological polar surface area (TPSA) is 81.7 Å². The van der Waals surface area contributed by atoms with Crippen LogP contribution in [0.3, 0.4) is 0 Å². The minimum absolute atomic E-state index is 0.145. The van der Waals surface area contributed by atoms with Crippen molar-refractivity contribution in [3.05, 3.63) is 59.7 Å². The molecule has 0 spiro atoms. The van der Waals surface area contributed by atoms with E-state index in [0.717, 1.165) is 37.8 Å². The van der Waals surface area contributed by atoms with Crippen molar-refractivity contribution in [2.75, 3.05) is 25.0 Å². The molecule has 0 bridgehead atoms. The summed E-state index contributed by atoms with van der Waals surface area (Å²) < 4.78 is 39.0. The van der Waals surface area contributed by atoms with Gasteiger partial charge in [0.2, 0.25) is 5.91 Å². The monoisotopic (exact) mass is 449 g/mol. The Morgan fingerprint density at radius 3 is 2.34 bits per heavy atom. The highest BCUT2D eigenvalue weighted by Gasteiger charge is 2.30. The van der Waals surface area contributed by atoms with E-state index in [9.17, 15) is 27.9 Å². The van der Waals surface area contributed by atoms with Gasteiger partial charge in [-0.05, 0) is 43.2 Å². The molecule has 3 rings (SSSR count). The first-order valence-corrected chi connectivity index (χ1v) is 10.5. The Kier molecular flexibility index (Phi) is 7.74. The van der Waals surface area contributed by atoms with Gasteiger partial charge in [0.25, 0.3) is 5.91 Å². The summed E-state index contributed by atoms with van der Waals surface area (Å²) in [6.07, 6.45) is -0.664. The van der Waals surface area contributed by atoms with Crippen molar-refractivity contribution < 1.29 is 27.9 Å². The Hall–Kier alpha value is -3.07. The van der Waals surface area contributed by atoms with Crippen LogP contribution in [0.1, 0.15) is 41.6 Å². The molecular weight excluding hydrogens is 423 g/mol. The van der Waals surface area contributed by atoms with Gasteiger partial charge < -0.3 is 20.6 Å². The molecule has 0 saturated carbocycles. The fourth-order valence-electron chi connectivity index (χ4n) is 3.65. The lowest BCUT2D eigenvalue weighted by Gasteiger charge is -2.26. The summed E-state index contributed by atoms with van der Waals surface area (Å²) in [7, 11) is 0. The van der Waals surface area contributed by atoms with E-state index in [1.165, 1.54) is 18.2 Å². The number of halogens is 3. The van der Waals surface area contributed by atoms with Crippen LogP contribution in [-0.2, 0) is 11.0 Å². The van der Waals surface area contributed by atoms with E-state index in [1.807, 2.05) is 0 Å². The van der Waals surface area contributed by atoms with Gasteiger partial charge in [-0.2, -0.15) is 13.2 Å². The average molecular weight is 449 g/mol. The summed E-state index contributed by atoms with van der Waals surface area (Å²) in [4.78, 5) is 27.3. The lowest BCUT2D eigenvalue weighted by Crippen LogP contribution is -2.50. The van der Waals surface area contributed by atoms with E-state index >= 15 is 0 Å². The molecule has 1 atom stereocenters. The van der Waals surface area contributed by atoms with Crippen LogP contribution >= 0.6 is 0 Å². The van der Waals surface area contributed by atoms with Crippen molar-refractivity contribution in [3.8, 4) is 0 Å². The zero-order chi connectivity index (χ0) is 23.1. The summed E-state index contributed by atoms with van der Waals surface area (Å²) in [5, 5.41) is 15.1. The maximum Gasteiger partial charge on any atom is 0.416 e. The van der Waals surface area contributed by atoms with Gasteiger partial charge in [-0.15, -0.1) is 0 Å². The van der Waals surface area contributed by atoms with Gasteiger partial charge in [0.1, 0.15) is 6.04 Å². The number of aliphatic hydroxyl groups excluding tert-OH is 1. The van der Waals surface area contributed by atoms with Gasteiger partial charge in [-0.1, -0.05) is 31.0 Å². The first-order valence-electron chi connectivity index (χ1n) is 10.5. The van der Waals surface area contributed by atoms with E-state index in [-0.39, 0.29) is 22.8 Å². The zero-order valence-electron chi connectivity index (χ0n) is 17.5. The molecule has 2 aromatic carbocycles. The number of amides is 2. The highest BCUT2D eigenvalue weighted by Crippen LogP contribution is 2.31. The van der Waals surface area contributed by atoms with Gasteiger partial charge in [0.15, 0.2) is 0 Å². The number of aliphatic hydroxyl groups is 1. The Morgan fingerprint density at radius 1 is 1.00 bits per heavy atom. The fraction of sp³-hybridized carbons (Fsp3) is 0.391. The summed E-state index contributed by atoms with van der Waals surface area (Å²) in [6.45, 7) is 0.613. The van der Waals surface area contributed by atoms with E-state index in [2.05, 4.69) is 10.6 Å². The highest BCUT2D eigenvalue weighted by atomic mass is 19.4. The van der Waals surface area contributed by atoms with Crippen LogP contribution in [0.2, 0.25) is 0 Å². The highest BCUT2D eigenvalue weighted by molar-refractivity contribution is 6.02.